The van der Waals surface area contributed by atoms with E-state index in [-0.39, 0.29) is 24.7 Å². The Morgan fingerprint density at radius 2 is 1.24 bits per heavy atom. The fourth-order valence-electron chi connectivity index (χ4n) is 5.02. The fourth-order valence-corrected chi connectivity index (χ4v) is 5.02. The van der Waals surface area contributed by atoms with Crippen LogP contribution < -0.4 is 4.74 Å². The van der Waals surface area contributed by atoms with E-state index in [1.165, 1.54) is 25.3 Å². The fraction of sp³-hybridized carbons (Fsp3) is 0.289. The maximum absolute atomic E-state index is 13.3. The molecule has 0 aromatic heterocycles. The van der Waals surface area contributed by atoms with Gasteiger partial charge in [0.05, 0.1) is 19.8 Å². The first-order chi connectivity index (χ1) is 21.9. The Balaban J connectivity index is 1.37. The predicted octanol–water partition coefficient (Wildman–Crippen LogP) is 6.75. The summed E-state index contributed by atoms with van der Waals surface area (Å²) >= 11 is 0. The van der Waals surface area contributed by atoms with Gasteiger partial charge in [-0.2, -0.15) is 0 Å². The van der Waals surface area contributed by atoms with Crippen LogP contribution in [-0.4, -0.2) is 43.5 Å². The normalized spacial score (nSPS) is 10.6. The van der Waals surface area contributed by atoms with Crippen molar-refractivity contribution in [3.05, 3.63) is 137 Å². The number of carbonyl (C=O) groups excluding carboxylic acids is 3. The molecule has 0 radical (unpaired) electrons. The van der Waals surface area contributed by atoms with E-state index in [1.807, 2.05) is 42.5 Å². The average Bonchev–Trinajstić information content (AvgIpc) is 3.09. The molecule has 0 bridgehead atoms. The molecule has 1 amide bonds. The van der Waals surface area contributed by atoms with Gasteiger partial charge < -0.3 is 19.1 Å². The molecule has 4 rings (SSSR count). The summed E-state index contributed by atoms with van der Waals surface area (Å²) in [7, 11) is 2.69. The van der Waals surface area contributed by atoms with E-state index in [4.69, 9.17) is 14.2 Å². The van der Waals surface area contributed by atoms with Gasteiger partial charge in [0.15, 0.2) is 0 Å². The van der Waals surface area contributed by atoms with Gasteiger partial charge in [-0.3, -0.25) is 9.59 Å². The third-order valence-electron chi connectivity index (χ3n) is 7.69. The Morgan fingerprint density at radius 1 is 0.622 bits per heavy atom. The van der Waals surface area contributed by atoms with E-state index < -0.39 is 5.97 Å². The molecule has 45 heavy (non-hydrogen) atoms. The zero-order valence-electron chi connectivity index (χ0n) is 26.1. The highest BCUT2D eigenvalue weighted by Crippen LogP contribution is 2.22. The van der Waals surface area contributed by atoms with Crippen molar-refractivity contribution >= 4 is 17.8 Å². The second-order valence-corrected chi connectivity index (χ2v) is 10.9. The van der Waals surface area contributed by atoms with E-state index in [2.05, 4.69) is 48.5 Å². The zero-order valence-corrected chi connectivity index (χ0v) is 26.1. The number of carbonyl (C=O) groups is 3. The lowest BCUT2D eigenvalue weighted by molar-refractivity contribution is -0.141. The second-order valence-electron chi connectivity index (χ2n) is 10.9. The number of hydrogen-bond acceptors (Lipinski definition) is 6. The molecule has 0 atom stereocenters. The molecule has 7 heteroatoms. The number of hydrogen-bond donors (Lipinski definition) is 0. The lowest BCUT2D eigenvalue weighted by Crippen LogP contribution is -2.32. The number of esters is 2. The number of rotatable bonds is 16. The molecule has 0 heterocycles. The van der Waals surface area contributed by atoms with Crippen molar-refractivity contribution in [2.75, 3.05) is 20.8 Å². The maximum Gasteiger partial charge on any atom is 0.337 e. The molecule has 234 valence electrons. The summed E-state index contributed by atoms with van der Waals surface area (Å²) < 4.78 is 15.8. The molecule has 0 N–H and O–H groups in total. The highest BCUT2D eigenvalue weighted by Gasteiger charge is 2.17. The van der Waals surface area contributed by atoms with Gasteiger partial charge in [-0.1, -0.05) is 84.9 Å². The molecular weight excluding hydrogens is 566 g/mol. The van der Waals surface area contributed by atoms with Crippen LogP contribution in [0.2, 0.25) is 0 Å². The summed E-state index contributed by atoms with van der Waals surface area (Å²) in [5.41, 5.74) is 6.06. The number of para-hydroxylation sites is 1. The number of ether oxygens (including phenoxy) is 3. The molecule has 0 fully saturated rings. The molecule has 7 nitrogen and oxygen atoms in total. The Kier molecular flexibility index (Phi) is 12.8. The monoisotopic (exact) mass is 607 g/mol. The number of benzene rings is 4. The SMILES string of the molecule is COC(=O)CCCC(=O)N(CCc1ccccc1OCc1ccc(CCc2ccccc2)cc1)Cc1ccc(C(=O)OC)cc1. The van der Waals surface area contributed by atoms with Crippen LogP contribution in [-0.2, 0) is 51.5 Å². The van der Waals surface area contributed by atoms with Crippen LogP contribution in [0.3, 0.4) is 0 Å². The van der Waals surface area contributed by atoms with Crippen molar-refractivity contribution in [3.63, 3.8) is 0 Å². The number of aryl methyl sites for hydroxylation is 2. The molecule has 0 spiro atoms. The van der Waals surface area contributed by atoms with Crippen LogP contribution in [0, 0.1) is 0 Å². The van der Waals surface area contributed by atoms with Crippen LogP contribution in [0.5, 0.6) is 5.75 Å². The third-order valence-corrected chi connectivity index (χ3v) is 7.69. The molecule has 0 aliphatic heterocycles. The number of amides is 1. The Morgan fingerprint density at radius 3 is 1.93 bits per heavy atom. The minimum Gasteiger partial charge on any atom is -0.489 e. The van der Waals surface area contributed by atoms with Gasteiger partial charge in [-0.15, -0.1) is 0 Å². The van der Waals surface area contributed by atoms with Gasteiger partial charge in [0, 0.05) is 25.9 Å². The summed E-state index contributed by atoms with van der Waals surface area (Å²) in [6.45, 7) is 1.28. The van der Waals surface area contributed by atoms with E-state index in [1.54, 1.807) is 17.0 Å². The van der Waals surface area contributed by atoms with E-state index in [0.717, 1.165) is 35.3 Å². The van der Waals surface area contributed by atoms with Crippen molar-refractivity contribution in [2.24, 2.45) is 0 Å². The van der Waals surface area contributed by atoms with Gasteiger partial charge in [0.1, 0.15) is 12.4 Å². The molecule has 0 unspecified atom stereocenters. The van der Waals surface area contributed by atoms with Crippen molar-refractivity contribution < 1.29 is 28.6 Å². The molecular formula is C38H41NO6. The van der Waals surface area contributed by atoms with E-state index in [9.17, 15) is 14.4 Å². The second kappa shape index (κ2) is 17.4. The van der Waals surface area contributed by atoms with Crippen LogP contribution in [0.1, 0.15) is 57.4 Å². The highest BCUT2D eigenvalue weighted by atomic mass is 16.5. The minimum atomic E-state index is -0.409. The van der Waals surface area contributed by atoms with Crippen molar-refractivity contribution in [1.29, 1.82) is 0 Å². The van der Waals surface area contributed by atoms with Crippen molar-refractivity contribution in [3.8, 4) is 5.75 Å². The standard InChI is InChI=1S/C38H41NO6/c1-43-37(41)14-8-13-36(40)39(27-31-21-23-34(24-22-31)38(42)44-2)26-25-33-11-6-7-12-35(33)45-28-32-19-17-30(18-20-32)16-15-29-9-4-3-5-10-29/h3-7,9-12,17-24H,8,13-16,25-28H2,1-2H3. The van der Waals surface area contributed by atoms with Crippen LogP contribution in [0.15, 0.2) is 103 Å². The molecule has 0 saturated carbocycles. The highest BCUT2D eigenvalue weighted by molar-refractivity contribution is 5.89. The molecule has 4 aromatic carbocycles. The Hall–Kier alpha value is -4.91. The van der Waals surface area contributed by atoms with Crippen LogP contribution >= 0.6 is 0 Å². The zero-order chi connectivity index (χ0) is 31.9. The summed E-state index contributed by atoms with van der Waals surface area (Å²) in [6, 6.07) is 34.0. The largest absolute Gasteiger partial charge is 0.489 e. The van der Waals surface area contributed by atoms with Crippen LogP contribution in [0.4, 0.5) is 0 Å². The average molecular weight is 608 g/mol. The molecule has 0 saturated heterocycles. The van der Waals surface area contributed by atoms with Gasteiger partial charge in [-0.25, -0.2) is 4.79 Å². The Bertz CT molecular complexity index is 1520. The summed E-state index contributed by atoms with van der Waals surface area (Å²) in [5.74, 6) is -0.0126. The van der Waals surface area contributed by atoms with Gasteiger partial charge in [0.25, 0.3) is 0 Å². The van der Waals surface area contributed by atoms with Gasteiger partial charge in [-0.05, 0) is 71.7 Å². The lowest BCUT2D eigenvalue weighted by Gasteiger charge is -2.24. The molecule has 4 aromatic rings. The summed E-state index contributed by atoms with van der Waals surface area (Å²) in [4.78, 5) is 38.5. The van der Waals surface area contributed by atoms with E-state index >= 15 is 0 Å². The Labute approximate surface area is 265 Å². The lowest BCUT2D eigenvalue weighted by atomic mass is 10.0. The van der Waals surface area contributed by atoms with Crippen molar-refractivity contribution in [2.45, 2.75) is 51.7 Å². The van der Waals surface area contributed by atoms with Gasteiger partial charge >= 0.3 is 11.9 Å². The summed E-state index contributed by atoms with van der Waals surface area (Å²) in [5, 5.41) is 0. The smallest absolute Gasteiger partial charge is 0.337 e. The van der Waals surface area contributed by atoms with E-state index in [0.29, 0.717) is 38.1 Å². The minimum absolute atomic E-state index is 0.0540. The topological polar surface area (TPSA) is 82.1 Å². The van der Waals surface area contributed by atoms with Crippen molar-refractivity contribution in [1.82, 2.24) is 4.90 Å². The first-order valence-corrected chi connectivity index (χ1v) is 15.3. The summed E-state index contributed by atoms with van der Waals surface area (Å²) in [6.07, 6.45) is 3.42. The third kappa shape index (κ3) is 10.6. The molecule has 0 aliphatic rings. The number of nitrogens with zero attached hydrogens (tertiary/aromatic N) is 1. The quantitative estimate of drug-likeness (QED) is 0.131. The first kappa shape index (κ1) is 33.0. The first-order valence-electron chi connectivity index (χ1n) is 15.3. The van der Waals surface area contributed by atoms with Crippen LogP contribution in [0.25, 0.3) is 0 Å². The maximum atomic E-state index is 13.3. The molecule has 0 aliphatic carbocycles. The predicted molar refractivity (Wildman–Crippen MR) is 174 cm³/mol. The number of methoxy groups -OCH3 is 2. The van der Waals surface area contributed by atoms with Gasteiger partial charge in [0.2, 0.25) is 5.91 Å².